The smallest absolute Gasteiger partial charge is 0.249 e. The first-order valence-corrected chi connectivity index (χ1v) is 14.6. The van der Waals surface area contributed by atoms with E-state index in [0.29, 0.717) is 30.2 Å². The fraction of sp³-hybridized carbons (Fsp3) is 0.393. The number of carbonyl (C=O) groups is 4. The highest BCUT2D eigenvalue weighted by atomic mass is 35.5. The zero-order chi connectivity index (χ0) is 29.3. The maximum atomic E-state index is 13.0. The average molecular weight is 596 g/mol. The number of carbonyl (C=O) groups excluding carboxylic acids is 4. The van der Waals surface area contributed by atoms with Crippen LogP contribution in [-0.2, 0) is 19.2 Å². The Labute approximate surface area is 245 Å². The molecule has 4 heterocycles. The molecule has 11 nitrogen and oxygen atoms in total. The number of nitrogens with one attached hydrogen (secondary N) is 3. The number of rotatable bonds is 9. The van der Waals surface area contributed by atoms with Gasteiger partial charge in [0.25, 0.3) is 0 Å². The summed E-state index contributed by atoms with van der Waals surface area (Å²) >= 11 is 7.82. The number of halogens is 1. The van der Waals surface area contributed by atoms with E-state index in [4.69, 9.17) is 16.6 Å². The quantitative estimate of drug-likeness (QED) is 0.256. The molecule has 0 radical (unpaired) electrons. The normalized spacial score (nSPS) is 17.8. The molecule has 1 fully saturated rings. The maximum Gasteiger partial charge on any atom is 0.249 e. The lowest BCUT2D eigenvalue weighted by Gasteiger charge is -2.13. The minimum atomic E-state index is -0.810. The summed E-state index contributed by atoms with van der Waals surface area (Å²) in [7, 11) is 0. The van der Waals surface area contributed by atoms with Crippen molar-refractivity contribution in [2.45, 2.75) is 65.0 Å². The van der Waals surface area contributed by atoms with E-state index in [2.05, 4.69) is 40.0 Å². The number of aryl methyl sites for hydroxylation is 2. The van der Waals surface area contributed by atoms with Crippen molar-refractivity contribution in [2.75, 3.05) is 6.54 Å². The van der Waals surface area contributed by atoms with E-state index in [1.54, 1.807) is 11.3 Å². The van der Waals surface area contributed by atoms with Crippen molar-refractivity contribution < 1.29 is 19.2 Å². The number of fused-ring (bicyclic) bond motifs is 3. The number of thiophene rings is 1. The zero-order valence-corrected chi connectivity index (χ0v) is 24.5. The largest absolute Gasteiger partial charge is 0.356 e. The van der Waals surface area contributed by atoms with E-state index < -0.39 is 23.9 Å². The number of nitrogens with zero attached hydrogens (tertiary/aromatic N) is 4. The number of imide groups is 1. The number of aromatic nitrogens is 3. The number of aliphatic imine (C=N–C) groups is 1. The second kappa shape index (κ2) is 11.9. The monoisotopic (exact) mass is 595 g/mol. The molecule has 2 aromatic heterocycles. The van der Waals surface area contributed by atoms with Gasteiger partial charge in [-0.25, -0.2) is 0 Å². The third-order valence-corrected chi connectivity index (χ3v) is 8.64. The second-order valence-corrected chi connectivity index (χ2v) is 11.8. The van der Waals surface area contributed by atoms with Crippen molar-refractivity contribution >= 4 is 52.3 Å². The van der Waals surface area contributed by atoms with E-state index in [-0.39, 0.29) is 31.1 Å². The van der Waals surface area contributed by atoms with Gasteiger partial charge in [-0.15, -0.1) is 21.5 Å². The van der Waals surface area contributed by atoms with Gasteiger partial charge in [0, 0.05) is 34.0 Å². The summed E-state index contributed by atoms with van der Waals surface area (Å²) in [5.74, 6) is -0.0436. The number of amides is 4. The summed E-state index contributed by atoms with van der Waals surface area (Å²) in [5, 5.41) is 18.0. The van der Waals surface area contributed by atoms with Gasteiger partial charge in [0.1, 0.15) is 22.9 Å². The van der Waals surface area contributed by atoms with Gasteiger partial charge in [-0.2, -0.15) is 0 Å². The Hall–Kier alpha value is -3.90. The van der Waals surface area contributed by atoms with Crippen LogP contribution in [0.25, 0.3) is 5.00 Å². The molecule has 1 saturated heterocycles. The van der Waals surface area contributed by atoms with Crippen LogP contribution in [0.5, 0.6) is 0 Å². The lowest BCUT2D eigenvalue weighted by atomic mass is 9.99. The molecular weight excluding hydrogens is 566 g/mol. The van der Waals surface area contributed by atoms with E-state index in [9.17, 15) is 19.2 Å². The SMILES string of the molecule is Cc1sc2c(c1C)C(c1ccc(Cl)cc1)=N[C@H](CC(=O)NCCCCC(=O)N[C@H]1CC(=O)NC1=O)c1nnc(C)n1-2. The highest BCUT2D eigenvalue weighted by Gasteiger charge is 2.33. The minimum absolute atomic E-state index is 0.0377. The molecular formula is C28H30ClN7O4S. The van der Waals surface area contributed by atoms with E-state index >= 15 is 0 Å². The lowest BCUT2D eigenvalue weighted by Crippen LogP contribution is -2.40. The minimum Gasteiger partial charge on any atom is -0.356 e. The van der Waals surface area contributed by atoms with Crippen LogP contribution >= 0.6 is 22.9 Å². The molecule has 13 heteroatoms. The average Bonchev–Trinajstić information content (AvgIpc) is 3.52. The van der Waals surface area contributed by atoms with Crippen LogP contribution in [-0.4, -0.2) is 56.7 Å². The Kier molecular flexibility index (Phi) is 8.32. The molecule has 4 amide bonds. The zero-order valence-electron chi connectivity index (χ0n) is 22.9. The molecule has 1 aromatic carbocycles. The molecule has 2 aliphatic heterocycles. The van der Waals surface area contributed by atoms with Crippen LogP contribution in [0.4, 0.5) is 0 Å². The Morgan fingerprint density at radius 1 is 1.10 bits per heavy atom. The van der Waals surface area contributed by atoms with Gasteiger partial charge >= 0.3 is 0 Å². The molecule has 0 unspecified atom stereocenters. The molecule has 3 N–H and O–H groups in total. The Balaban J connectivity index is 1.26. The van der Waals surface area contributed by atoms with Crippen LogP contribution in [0, 0.1) is 20.8 Å². The van der Waals surface area contributed by atoms with Crippen molar-refractivity contribution in [3.05, 3.63) is 62.5 Å². The number of unbranched alkanes of at least 4 members (excludes halogenated alkanes) is 1. The highest BCUT2D eigenvalue weighted by Crippen LogP contribution is 2.39. The molecule has 0 aliphatic carbocycles. The van der Waals surface area contributed by atoms with Crippen molar-refractivity contribution in [3.8, 4) is 5.00 Å². The number of hydrogen-bond acceptors (Lipinski definition) is 8. The van der Waals surface area contributed by atoms with Gasteiger partial charge < -0.3 is 10.6 Å². The summed E-state index contributed by atoms with van der Waals surface area (Å²) < 4.78 is 2.00. The summed E-state index contributed by atoms with van der Waals surface area (Å²) in [6.07, 6.45) is 1.32. The predicted octanol–water partition coefficient (Wildman–Crippen LogP) is 3.01. The molecule has 0 spiro atoms. The molecule has 214 valence electrons. The molecule has 0 bridgehead atoms. The van der Waals surface area contributed by atoms with Crippen molar-refractivity contribution in [2.24, 2.45) is 4.99 Å². The Bertz CT molecular complexity index is 1560. The first kappa shape index (κ1) is 28.6. The van der Waals surface area contributed by atoms with E-state index in [1.165, 1.54) is 4.88 Å². The third-order valence-electron chi connectivity index (χ3n) is 7.19. The van der Waals surface area contributed by atoms with E-state index in [1.807, 2.05) is 35.8 Å². The standard InChI is InChI=1S/C28H30ClN7O4S/c1-14-15(2)41-28-24(14)25(17-7-9-18(29)10-8-17)32-19(26-35-34-16(3)36(26)28)12-22(38)30-11-5-4-6-21(37)31-20-13-23(39)33-27(20)40/h7-10,19-20H,4-6,11-13H2,1-3H3,(H,30,38)(H,31,37)(H,33,39,40)/t19-,20+/m1/s1. The molecule has 41 heavy (non-hydrogen) atoms. The summed E-state index contributed by atoms with van der Waals surface area (Å²) in [4.78, 5) is 54.3. The van der Waals surface area contributed by atoms with Gasteiger partial charge in [0.05, 0.1) is 18.6 Å². The van der Waals surface area contributed by atoms with Crippen LogP contribution in [0.1, 0.15) is 71.4 Å². The van der Waals surface area contributed by atoms with Crippen molar-refractivity contribution in [3.63, 3.8) is 0 Å². The van der Waals surface area contributed by atoms with E-state index in [0.717, 1.165) is 33.2 Å². The van der Waals surface area contributed by atoms with Gasteiger partial charge in [0.15, 0.2) is 5.82 Å². The van der Waals surface area contributed by atoms with Gasteiger partial charge in [-0.1, -0.05) is 23.7 Å². The van der Waals surface area contributed by atoms with Crippen molar-refractivity contribution in [1.29, 1.82) is 0 Å². The topological polar surface area (TPSA) is 147 Å². The molecule has 0 saturated carbocycles. The van der Waals surface area contributed by atoms with Crippen LogP contribution in [0.15, 0.2) is 29.3 Å². The number of benzene rings is 1. The maximum absolute atomic E-state index is 13.0. The van der Waals surface area contributed by atoms with Crippen LogP contribution in [0.2, 0.25) is 5.02 Å². The van der Waals surface area contributed by atoms with Crippen LogP contribution in [0.3, 0.4) is 0 Å². The summed E-state index contributed by atoms with van der Waals surface area (Å²) in [6.45, 7) is 6.42. The van der Waals surface area contributed by atoms with Gasteiger partial charge in [-0.05, 0) is 51.3 Å². The molecule has 2 atom stereocenters. The first-order chi connectivity index (χ1) is 19.6. The molecule has 5 rings (SSSR count). The Morgan fingerprint density at radius 3 is 2.56 bits per heavy atom. The third kappa shape index (κ3) is 6.08. The van der Waals surface area contributed by atoms with Crippen molar-refractivity contribution in [1.82, 2.24) is 30.7 Å². The molecule has 3 aromatic rings. The predicted molar refractivity (Wildman–Crippen MR) is 154 cm³/mol. The van der Waals surface area contributed by atoms with Crippen LogP contribution < -0.4 is 16.0 Å². The summed E-state index contributed by atoms with van der Waals surface area (Å²) in [6, 6.07) is 6.15. The fourth-order valence-corrected chi connectivity index (χ4v) is 6.30. The van der Waals surface area contributed by atoms with Gasteiger partial charge in [-0.3, -0.25) is 34.1 Å². The Morgan fingerprint density at radius 2 is 1.85 bits per heavy atom. The first-order valence-electron chi connectivity index (χ1n) is 13.4. The summed E-state index contributed by atoms with van der Waals surface area (Å²) in [5.41, 5.74) is 3.80. The fourth-order valence-electron chi connectivity index (χ4n) is 4.96. The lowest BCUT2D eigenvalue weighted by molar-refractivity contribution is -0.128. The molecule has 2 aliphatic rings. The second-order valence-electron chi connectivity index (χ2n) is 10.2. The van der Waals surface area contributed by atoms with Gasteiger partial charge in [0.2, 0.25) is 23.6 Å². The highest BCUT2D eigenvalue weighted by molar-refractivity contribution is 7.15. The number of hydrogen-bond donors (Lipinski definition) is 3.